The Bertz CT molecular complexity index is 938. The lowest BCUT2D eigenvalue weighted by Crippen LogP contribution is -2.41. The molecular weight excluding hydrogens is 356 g/mol. The van der Waals surface area contributed by atoms with Crippen molar-refractivity contribution in [2.24, 2.45) is 0 Å². The average molecular weight is 384 g/mol. The van der Waals surface area contributed by atoms with Crippen molar-refractivity contribution >= 4 is 5.91 Å². The summed E-state index contributed by atoms with van der Waals surface area (Å²) in [5, 5.41) is 8.66. The van der Waals surface area contributed by atoms with Gasteiger partial charge in [0.05, 0.1) is 18.3 Å². The second-order valence-corrected chi connectivity index (χ2v) is 8.92. The summed E-state index contributed by atoms with van der Waals surface area (Å²) in [6.45, 7) is 7.31. The van der Waals surface area contributed by atoms with Crippen molar-refractivity contribution in [3.8, 4) is 0 Å². The van der Waals surface area contributed by atoms with E-state index < -0.39 is 0 Å². The standard InChI is InChI=1S/C21H28N4O3/c1-21(2,3)17-10-11-18(26)25(22-17)13-14-7-6-12-24(14)20(27)19-15-8-4-5-9-16(15)28-23-19/h10-11,14H,4-9,12-13H2,1-3H3. The van der Waals surface area contributed by atoms with Gasteiger partial charge in [0.25, 0.3) is 11.5 Å². The molecule has 150 valence electrons. The SMILES string of the molecule is CC(C)(C)c1ccc(=O)n(CC2CCCN2C(=O)c2noc3c2CCCC3)n1. The Morgan fingerprint density at radius 2 is 2.00 bits per heavy atom. The molecule has 1 atom stereocenters. The van der Waals surface area contributed by atoms with Gasteiger partial charge in [-0.15, -0.1) is 0 Å². The monoisotopic (exact) mass is 384 g/mol. The van der Waals surface area contributed by atoms with Crippen LogP contribution in [0.1, 0.15) is 74.0 Å². The van der Waals surface area contributed by atoms with E-state index >= 15 is 0 Å². The number of carbonyl (C=O) groups excluding carboxylic acids is 1. The Kier molecular flexibility index (Phi) is 4.85. The van der Waals surface area contributed by atoms with Crippen molar-refractivity contribution in [3.63, 3.8) is 0 Å². The van der Waals surface area contributed by atoms with Crippen molar-refractivity contribution in [1.82, 2.24) is 19.8 Å². The van der Waals surface area contributed by atoms with Crippen LogP contribution in [0.5, 0.6) is 0 Å². The first-order valence-electron chi connectivity index (χ1n) is 10.2. The predicted molar refractivity (Wildman–Crippen MR) is 104 cm³/mol. The highest BCUT2D eigenvalue weighted by Crippen LogP contribution is 2.28. The summed E-state index contributed by atoms with van der Waals surface area (Å²) in [6.07, 6.45) is 5.65. The van der Waals surface area contributed by atoms with Gasteiger partial charge in [-0.05, 0) is 38.2 Å². The first-order chi connectivity index (χ1) is 13.3. The zero-order valence-corrected chi connectivity index (χ0v) is 16.9. The molecule has 7 heteroatoms. The van der Waals surface area contributed by atoms with E-state index in [0.717, 1.165) is 55.5 Å². The molecule has 1 aliphatic carbocycles. The van der Waals surface area contributed by atoms with E-state index in [0.29, 0.717) is 18.8 Å². The highest BCUT2D eigenvalue weighted by molar-refractivity contribution is 5.94. The third-order valence-corrected chi connectivity index (χ3v) is 5.81. The molecule has 28 heavy (non-hydrogen) atoms. The Morgan fingerprint density at radius 1 is 1.21 bits per heavy atom. The maximum Gasteiger partial charge on any atom is 0.276 e. The van der Waals surface area contributed by atoms with E-state index in [4.69, 9.17) is 4.52 Å². The molecule has 1 unspecified atom stereocenters. The van der Waals surface area contributed by atoms with Crippen molar-refractivity contribution in [3.05, 3.63) is 45.2 Å². The number of aromatic nitrogens is 3. The molecule has 1 aliphatic heterocycles. The summed E-state index contributed by atoms with van der Waals surface area (Å²) in [5.74, 6) is 0.788. The van der Waals surface area contributed by atoms with Crippen LogP contribution < -0.4 is 5.56 Å². The molecule has 0 spiro atoms. The molecule has 7 nitrogen and oxygen atoms in total. The summed E-state index contributed by atoms with van der Waals surface area (Å²) in [7, 11) is 0. The number of hydrogen-bond donors (Lipinski definition) is 0. The number of rotatable bonds is 3. The Morgan fingerprint density at radius 3 is 2.79 bits per heavy atom. The molecule has 2 aromatic rings. The first-order valence-corrected chi connectivity index (χ1v) is 10.2. The second-order valence-electron chi connectivity index (χ2n) is 8.92. The molecule has 2 aromatic heterocycles. The molecule has 1 fully saturated rings. The molecular formula is C21H28N4O3. The smallest absolute Gasteiger partial charge is 0.276 e. The fourth-order valence-corrected chi connectivity index (χ4v) is 4.16. The highest BCUT2D eigenvalue weighted by atomic mass is 16.5. The van der Waals surface area contributed by atoms with Gasteiger partial charge in [-0.1, -0.05) is 25.9 Å². The fourth-order valence-electron chi connectivity index (χ4n) is 4.16. The molecule has 0 aromatic carbocycles. The van der Waals surface area contributed by atoms with E-state index in [-0.39, 0.29) is 22.9 Å². The van der Waals surface area contributed by atoms with Gasteiger partial charge in [-0.2, -0.15) is 5.10 Å². The second kappa shape index (κ2) is 7.18. The van der Waals surface area contributed by atoms with Gasteiger partial charge >= 0.3 is 0 Å². The maximum absolute atomic E-state index is 13.2. The maximum atomic E-state index is 13.2. The predicted octanol–water partition coefficient (Wildman–Crippen LogP) is 2.71. The van der Waals surface area contributed by atoms with Gasteiger partial charge in [-0.25, -0.2) is 4.68 Å². The van der Waals surface area contributed by atoms with E-state index in [2.05, 4.69) is 31.0 Å². The molecule has 0 N–H and O–H groups in total. The van der Waals surface area contributed by atoms with Crippen LogP contribution in [0, 0.1) is 0 Å². The largest absolute Gasteiger partial charge is 0.360 e. The van der Waals surface area contributed by atoms with Crippen LogP contribution in [0.15, 0.2) is 21.5 Å². The summed E-state index contributed by atoms with van der Waals surface area (Å²) in [4.78, 5) is 27.4. The average Bonchev–Trinajstić information content (AvgIpc) is 3.29. The van der Waals surface area contributed by atoms with Crippen LogP contribution in [-0.4, -0.2) is 38.3 Å². The quantitative estimate of drug-likeness (QED) is 0.813. The van der Waals surface area contributed by atoms with Crippen molar-refractivity contribution in [1.29, 1.82) is 0 Å². The first kappa shape index (κ1) is 18.9. The lowest BCUT2D eigenvalue weighted by molar-refractivity contribution is 0.0708. The minimum atomic E-state index is -0.138. The van der Waals surface area contributed by atoms with Crippen LogP contribution in [-0.2, 0) is 24.8 Å². The summed E-state index contributed by atoms with van der Waals surface area (Å²) >= 11 is 0. The Balaban J connectivity index is 1.57. The van der Waals surface area contributed by atoms with E-state index in [9.17, 15) is 9.59 Å². The third kappa shape index (κ3) is 3.50. The normalized spacial score (nSPS) is 19.7. The molecule has 3 heterocycles. The van der Waals surface area contributed by atoms with Gasteiger partial charge in [0.15, 0.2) is 5.69 Å². The summed E-state index contributed by atoms with van der Waals surface area (Å²) < 4.78 is 6.94. The summed E-state index contributed by atoms with van der Waals surface area (Å²) in [6, 6.07) is 3.31. The zero-order valence-electron chi connectivity index (χ0n) is 16.9. The van der Waals surface area contributed by atoms with E-state index in [1.165, 1.54) is 4.68 Å². The van der Waals surface area contributed by atoms with Crippen molar-refractivity contribution in [2.75, 3.05) is 6.54 Å². The zero-order chi connectivity index (χ0) is 19.9. The van der Waals surface area contributed by atoms with Crippen LogP contribution >= 0.6 is 0 Å². The van der Waals surface area contributed by atoms with Crippen LogP contribution in [0.4, 0.5) is 0 Å². The van der Waals surface area contributed by atoms with E-state index in [1.54, 1.807) is 12.1 Å². The summed E-state index contributed by atoms with van der Waals surface area (Å²) in [5.41, 5.74) is 2.04. The lowest BCUT2D eigenvalue weighted by Gasteiger charge is -2.25. The molecule has 4 rings (SSSR count). The minimum Gasteiger partial charge on any atom is -0.360 e. The lowest BCUT2D eigenvalue weighted by atomic mass is 9.92. The van der Waals surface area contributed by atoms with Crippen LogP contribution in [0.25, 0.3) is 0 Å². The van der Waals surface area contributed by atoms with Crippen LogP contribution in [0.2, 0.25) is 0 Å². The highest BCUT2D eigenvalue weighted by Gasteiger charge is 2.34. The number of fused-ring (bicyclic) bond motifs is 1. The molecule has 0 saturated carbocycles. The van der Waals surface area contributed by atoms with Crippen LogP contribution in [0.3, 0.4) is 0 Å². The van der Waals surface area contributed by atoms with Gasteiger partial charge < -0.3 is 9.42 Å². The topological polar surface area (TPSA) is 81.2 Å². The van der Waals surface area contributed by atoms with Gasteiger partial charge in [0.1, 0.15) is 5.76 Å². The molecule has 0 radical (unpaired) electrons. The third-order valence-electron chi connectivity index (χ3n) is 5.81. The Labute approximate surface area is 164 Å². The Hall–Kier alpha value is -2.44. The molecule has 1 amide bonds. The number of nitrogens with zero attached hydrogens (tertiary/aromatic N) is 4. The molecule has 1 saturated heterocycles. The van der Waals surface area contributed by atoms with E-state index in [1.807, 2.05) is 4.90 Å². The van der Waals surface area contributed by atoms with Crippen molar-refractivity contribution < 1.29 is 9.32 Å². The number of aryl methyl sites for hydroxylation is 1. The number of carbonyl (C=O) groups is 1. The number of likely N-dealkylation sites (tertiary alicyclic amines) is 1. The van der Waals surface area contributed by atoms with Gasteiger partial charge in [-0.3, -0.25) is 9.59 Å². The van der Waals surface area contributed by atoms with Gasteiger partial charge in [0.2, 0.25) is 0 Å². The molecule has 2 aliphatic rings. The molecule has 0 bridgehead atoms. The fraction of sp³-hybridized carbons (Fsp3) is 0.619. The van der Waals surface area contributed by atoms with Gasteiger partial charge in [0, 0.05) is 30.0 Å². The van der Waals surface area contributed by atoms with Crippen molar-refractivity contribution in [2.45, 2.75) is 77.3 Å². The number of amides is 1. The minimum absolute atomic E-state index is 0.0520. The number of hydrogen-bond acceptors (Lipinski definition) is 5.